The molecule has 0 radical (unpaired) electrons. The molecule has 1 N–H and O–H groups in total. The van der Waals surface area contributed by atoms with E-state index >= 15 is 0 Å². The van der Waals surface area contributed by atoms with Crippen LogP contribution in [0.1, 0.15) is 33.4 Å². The van der Waals surface area contributed by atoms with Crippen LogP contribution in [0.2, 0.25) is 0 Å². The van der Waals surface area contributed by atoms with E-state index in [4.69, 9.17) is 4.74 Å². The van der Waals surface area contributed by atoms with Crippen molar-refractivity contribution < 1.29 is 4.74 Å². The summed E-state index contributed by atoms with van der Waals surface area (Å²) in [6, 6.07) is 2.04. The van der Waals surface area contributed by atoms with Crippen molar-refractivity contribution in [1.29, 1.82) is 0 Å². The summed E-state index contributed by atoms with van der Waals surface area (Å²) in [6.07, 6.45) is 2.19. The molecular formula is C12H23N3O. The summed E-state index contributed by atoms with van der Waals surface area (Å²) in [7, 11) is 1.72. The molecule has 0 fully saturated rings. The van der Waals surface area contributed by atoms with Gasteiger partial charge in [0.15, 0.2) is 0 Å². The van der Waals surface area contributed by atoms with Crippen LogP contribution in [0.3, 0.4) is 0 Å². The molecule has 0 saturated carbocycles. The Bertz CT molecular complexity index is 314. The van der Waals surface area contributed by atoms with Crippen molar-refractivity contribution in [3.05, 3.63) is 18.0 Å². The topological polar surface area (TPSA) is 39.1 Å². The number of aromatic nitrogens is 2. The number of nitrogens with one attached hydrogen (secondary N) is 1. The van der Waals surface area contributed by atoms with E-state index in [-0.39, 0.29) is 11.6 Å². The molecule has 1 unspecified atom stereocenters. The van der Waals surface area contributed by atoms with Crippen molar-refractivity contribution in [1.82, 2.24) is 15.1 Å². The molecule has 0 amide bonds. The average Bonchev–Trinajstić information content (AvgIpc) is 2.61. The quantitative estimate of drug-likeness (QED) is 0.830. The Hall–Kier alpha value is -0.870. The van der Waals surface area contributed by atoms with Gasteiger partial charge in [0.2, 0.25) is 0 Å². The normalized spacial score (nSPS) is 14.1. The Morgan fingerprint density at radius 1 is 1.50 bits per heavy atom. The molecule has 0 spiro atoms. The predicted molar refractivity (Wildman–Crippen MR) is 65.3 cm³/mol. The Morgan fingerprint density at radius 3 is 2.75 bits per heavy atom. The Balaban J connectivity index is 2.45. The van der Waals surface area contributed by atoms with Crippen LogP contribution < -0.4 is 5.32 Å². The van der Waals surface area contributed by atoms with Crippen LogP contribution in [0.4, 0.5) is 0 Å². The zero-order chi connectivity index (χ0) is 12.2. The first kappa shape index (κ1) is 13.2. The van der Waals surface area contributed by atoms with E-state index in [1.807, 2.05) is 23.9 Å². The zero-order valence-electron chi connectivity index (χ0n) is 10.9. The first-order valence-electron chi connectivity index (χ1n) is 5.71. The molecule has 1 aromatic rings. The van der Waals surface area contributed by atoms with Crippen LogP contribution in [0, 0.1) is 0 Å². The molecule has 1 aromatic heterocycles. The first-order chi connectivity index (χ1) is 7.40. The van der Waals surface area contributed by atoms with E-state index < -0.39 is 0 Å². The molecule has 4 nitrogen and oxygen atoms in total. The fraction of sp³-hybridized carbons (Fsp3) is 0.750. The van der Waals surface area contributed by atoms with Gasteiger partial charge in [-0.1, -0.05) is 0 Å². The van der Waals surface area contributed by atoms with E-state index in [2.05, 4.69) is 31.2 Å². The number of methoxy groups -OCH3 is 1. The molecule has 0 aliphatic rings. The summed E-state index contributed by atoms with van der Waals surface area (Å²) in [5.74, 6) is 0. The van der Waals surface area contributed by atoms with E-state index in [0.717, 1.165) is 18.8 Å². The van der Waals surface area contributed by atoms with Crippen molar-refractivity contribution in [2.45, 2.75) is 52.4 Å². The van der Waals surface area contributed by atoms with Crippen molar-refractivity contribution in [3.8, 4) is 0 Å². The minimum absolute atomic E-state index is 0.129. The van der Waals surface area contributed by atoms with E-state index in [1.54, 1.807) is 7.11 Å². The number of hydrogen-bond acceptors (Lipinski definition) is 3. The fourth-order valence-corrected chi connectivity index (χ4v) is 1.29. The summed E-state index contributed by atoms with van der Waals surface area (Å²) < 4.78 is 7.13. The highest BCUT2D eigenvalue weighted by Crippen LogP contribution is 2.03. The van der Waals surface area contributed by atoms with Gasteiger partial charge in [0.25, 0.3) is 0 Å². The maximum atomic E-state index is 5.20. The Morgan fingerprint density at radius 2 is 2.19 bits per heavy atom. The molecule has 92 valence electrons. The molecular weight excluding hydrogens is 202 g/mol. The first-order valence-corrected chi connectivity index (χ1v) is 5.71. The third-order valence-corrected chi connectivity index (χ3v) is 2.34. The zero-order valence-corrected chi connectivity index (χ0v) is 10.9. The highest BCUT2D eigenvalue weighted by atomic mass is 16.5. The summed E-state index contributed by atoms with van der Waals surface area (Å²) >= 11 is 0. The predicted octanol–water partition coefficient (Wildman–Crippen LogP) is 1.81. The molecule has 0 saturated heterocycles. The standard InChI is InChI=1S/C12H23N3O/c1-10(16-5)9-15-7-6-11(14-15)8-13-12(2,3)4/h6-7,10,13H,8-9H2,1-5H3. The lowest BCUT2D eigenvalue weighted by molar-refractivity contribution is 0.0997. The van der Waals surface area contributed by atoms with Crippen LogP contribution in [-0.4, -0.2) is 28.5 Å². The smallest absolute Gasteiger partial charge is 0.0762 e. The van der Waals surface area contributed by atoms with Gasteiger partial charge in [-0.3, -0.25) is 4.68 Å². The molecule has 16 heavy (non-hydrogen) atoms. The van der Waals surface area contributed by atoms with Crippen molar-refractivity contribution in [2.24, 2.45) is 0 Å². The lowest BCUT2D eigenvalue weighted by Crippen LogP contribution is -2.35. The lowest BCUT2D eigenvalue weighted by atomic mass is 10.1. The molecule has 0 aliphatic carbocycles. The second kappa shape index (κ2) is 5.46. The minimum Gasteiger partial charge on any atom is -0.380 e. The number of ether oxygens (including phenoxy) is 1. The van der Waals surface area contributed by atoms with E-state index in [0.29, 0.717) is 0 Å². The highest BCUT2D eigenvalue weighted by Gasteiger charge is 2.10. The second-order valence-electron chi connectivity index (χ2n) is 5.18. The third kappa shape index (κ3) is 4.77. The van der Waals surface area contributed by atoms with Gasteiger partial charge in [-0.15, -0.1) is 0 Å². The fourth-order valence-electron chi connectivity index (χ4n) is 1.29. The molecule has 0 aromatic carbocycles. The summed E-state index contributed by atoms with van der Waals surface area (Å²) in [6.45, 7) is 10.1. The Labute approximate surface area is 98.0 Å². The van der Waals surface area contributed by atoms with Crippen LogP contribution in [0.15, 0.2) is 12.3 Å². The summed E-state index contributed by atoms with van der Waals surface area (Å²) in [5, 5.41) is 7.89. The molecule has 1 atom stereocenters. The average molecular weight is 225 g/mol. The molecule has 1 rings (SSSR count). The summed E-state index contributed by atoms with van der Waals surface area (Å²) in [4.78, 5) is 0. The number of hydrogen-bond donors (Lipinski definition) is 1. The number of nitrogens with zero attached hydrogens (tertiary/aromatic N) is 2. The van der Waals surface area contributed by atoms with Gasteiger partial charge in [0.05, 0.1) is 18.3 Å². The van der Waals surface area contributed by atoms with Gasteiger partial charge in [-0.2, -0.15) is 5.10 Å². The Kier molecular flexibility index (Phi) is 4.50. The van der Waals surface area contributed by atoms with Gasteiger partial charge in [0, 0.05) is 25.4 Å². The van der Waals surface area contributed by atoms with Crippen molar-refractivity contribution in [2.75, 3.05) is 7.11 Å². The van der Waals surface area contributed by atoms with Crippen LogP contribution in [0.5, 0.6) is 0 Å². The highest BCUT2D eigenvalue weighted by molar-refractivity contribution is 4.99. The van der Waals surface area contributed by atoms with Crippen molar-refractivity contribution >= 4 is 0 Å². The van der Waals surface area contributed by atoms with Crippen molar-refractivity contribution in [3.63, 3.8) is 0 Å². The van der Waals surface area contributed by atoms with Gasteiger partial charge in [-0.25, -0.2) is 0 Å². The molecule has 1 heterocycles. The van der Waals surface area contributed by atoms with Crippen LogP contribution >= 0.6 is 0 Å². The lowest BCUT2D eigenvalue weighted by Gasteiger charge is -2.19. The second-order valence-corrected chi connectivity index (χ2v) is 5.18. The SMILES string of the molecule is COC(C)Cn1ccc(CNC(C)(C)C)n1. The van der Waals surface area contributed by atoms with Gasteiger partial charge in [-0.05, 0) is 33.8 Å². The van der Waals surface area contributed by atoms with E-state index in [9.17, 15) is 0 Å². The minimum atomic E-state index is 0.129. The van der Waals surface area contributed by atoms with E-state index in [1.165, 1.54) is 0 Å². The molecule has 0 bridgehead atoms. The maximum absolute atomic E-state index is 5.20. The molecule has 4 heteroatoms. The van der Waals surface area contributed by atoms with Crippen LogP contribution in [-0.2, 0) is 17.8 Å². The van der Waals surface area contributed by atoms with Gasteiger partial charge < -0.3 is 10.1 Å². The maximum Gasteiger partial charge on any atom is 0.0762 e. The van der Waals surface area contributed by atoms with Gasteiger partial charge >= 0.3 is 0 Å². The largest absolute Gasteiger partial charge is 0.380 e. The molecule has 0 aliphatic heterocycles. The monoisotopic (exact) mass is 225 g/mol. The van der Waals surface area contributed by atoms with Gasteiger partial charge in [0.1, 0.15) is 0 Å². The number of rotatable bonds is 5. The third-order valence-electron chi connectivity index (χ3n) is 2.34. The van der Waals surface area contributed by atoms with Crippen LogP contribution in [0.25, 0.3) is 0 Å². The summed E-state index contributed by atoms with van der Waals surface area (Å²) in [5.41, 5.74) is 1.20.